The van der Waals surface area contributed by atoms with E-state index in [2.05, 4.69) is 10.5 Å². The molecule has 2 aliphatic rings. The van der Waals surface area contributed by atoms with Crippen molar-refractivity contribution in [3.05, 3.63) is 62.5 Å². The molecule has 0 saturated heterocycles. The van der Waals surface area contributed by atoms with Crippen LogP contribution in [-0.2, 0) is 9.63 Å². The van der Waals surface area contributed by atoms with E-state index >= 15 is 0 Å². The van der Waals surface area contributed by atoms with Crippen LogP contribution in [-0.4, -0.2) is 27.8 Å². The Morgan fingerprint density at radius 1 is 1.31 bits per heavy atom. The van der Waals surface area contributed by atoms with Gasteiger partial charge >= 0.3 is 5.97 Å². The fraction of sp³-hybridized carbons (Fsp3) is 0.429. The first kappa shape index (κ1) is 20.7. The molecular formula is C21H25N3O5. The van der Waals surface area contributed by atoms with Crippen LogP contribution in [0.15, 0.2) is 51.8 Å². The van der Waals surface area contributed by atoms with Crippen molar-refractivity contribution in [3.63, 3.8) is 0 Å². The SMILES string of the molecule is CC1=NC(C)=C(C(=O)O)C(c2cccc([N+](=O)[O-])c2)C1=C(C)NOC1CCCC1. The molecule has 1 aromatic carbocycles. The van der Waals surface area contributed by atoms with Gasteiger partial charge in [-0.3, -0.25) is 25.4 Å². The van der Waals surface area contributed by atoms with Gasteiger partial charge in [0, 0.05) is 40.7 Å². The summed E-state index contributed by atoms with van der Waals surface area (Å²) in [5.74, 6) is -1.79. The average molecular weight is 399 g/mol. The highest BCUT2D eigenvalue weighted by Gasteiger charge is 2.35. The monoisotopic (exact) mass is 399 g/mol. The summed E-state index contributed by atoms with van der Waals surface area (Å²) in [4.78, 5) is 33.1. The van der Waals surface area contributed by atoms with Gasteiger partial charge in [0.05, 0.1) is 16.6 Å². The number of carbonyl (C=O) groups is 1. The summed E-state index contributed by atoms with van der Waals surface area (Å²) in [7, 11) is 0. The van der Waals surface area contributed by atoms with E-state index in [0.29, 0.717) is 28.2 Å². The molecule has 2 N–H and O–H groups in total. The molecular weight excluding hydrogens is 374 g/mol. The van der Waals surface area contributed by atoms with E-state index in [1.807, 2.05) is 13.8 Å². The highest BCUT2D eigenvalue weighted by atomic mass is 16.7. The first-order chi connectivity index (χ1) is 13.8. The van der Waals surface area contributed by atoms with Crippen LogP contribution >= 0.6 is 0 Å². The third-order valence-electron chi connectivity index (χ3n) is 5.42. The first-order valence-corrected chi connectivity index (χ1v) is 9.66. The number of aliphatic imine (C=N–C) groups is 1. The molecule has 3 rings (SSSR count). The van der Waals surface area contributed by atoms with E-state index in [1.54, 1.807) is 19.1 Å². The number of aliphatic carboxylic acids is 1. The van der Waals surface area contributed by atoms with Crippen LogP contribution in [0.4, 0.5) is 5.69 Å². The maximum Gasteiger partial charge on any atom is 0.334 e. The van der Waals surface area contributed by atoms with Gasteiger partial charge in [0.2, 0.25) is 0 Å². The summed E-state index contributed by atoms with van der Waals surface area (Å²) in [5, 5.41) is 21.1. The van der Waals surface area contributed by atoms with E-state index in [0.717, 1.165) is 25.7 Å². The number of nitro groups is 1. The Hall–Kier alpha value is -3.00. The number of carboxylic acid groups (broad SMARTS) is 1. The molecule has 1 fully saturated rings. The number of hydroxylamine groups is 1. The number of carboxylic acids is 1. The first-order valence-electron chi connectivity index (χ1n) is 9.66. The predicted molar refractivity (Wildman–Crippen MR) is 108 cm³/mol. The maximum atomic E-state index is 12.1. The van der Waals surface area contributed by atoms with Crippen LogP contribution in [0.3, 0.4) is 0 Å². The Kier molecular flexibility index (Phi) is 6.12. The van der Waals surface area contributed by atoms with Crippen LogP contribution in [0, 0.1) is 10.1 Å². The second-order valence-corrected chi connectivity index (χ2v) is 7.45. The summed E-state index contributed by atoms with van der Waals surface area (Å²) in [5.41, 5.74) is 5.89. The Labute approximate surface area is 169 Å². The number of allylic oxidation sites excluding steroid dienone is 3. The van der Waals surface area contributed by atoms with Gasteiger partial charge in [-0.1, -0.05) is 25.0 Å². The van der Waals surface area contributed by atoms with Crippen LogP contribution in [0.5, 0.6) is 0 Å². The van der Waals surface area contributed by atoms with E-state index in [-0.39, 0.29) is 17.4 Å². The number of hydrogen-bond donors (Lipinski definition) is 2. The summed E-state index contributed by atoms with van der Waals surface area (Å²) in [6.45, 7) is 5.27. The smallest absolute Gasteiger partial charge is 0.334 e. The fourth-order valence-corrected chi connectivity index (χ4v) is 4.08. The molecule has 0 spiro atoms. The van der Waals surface area contributed by atoms with Crippen molar-refractivity contribution in [1.29, 1.82) is 0 Å². The summed E-state index contributed by atoms with van der Waals surface area (Å²) in [6.07, 6.45) is 4.35. The molecule has 1 heterocycles. The molecule has 1 saturated carbocycles. The number of nitrogens with zero attached hydrogens (tertiary/aromatic N) is 2. The van der Waals surface area contributed by atoms with E-state index in [9.17, 15) is 20.0 Å². The van der Waals surface area contributed by atoms with E-state index in [1.165, 1.54) is 12.1 Å². The third-order valence-corrected chi connectivity index (χ3v) is 5.42. The largest absolute Gasteiger partial charge is 0.478 e. The van der Waals surface area contributed by atoms with Gasteiger partial charge in [-0.05, 0) is 39.2 Å². The molecule has 1 aliphatic carbocycles. The highest BCUT2D eigenvalue weighted by Crippen LogP contribution is 2.40. The lowest BCUT2D eigenvalue weighted by atomic mass is 9.79. The zero-order valence-corrected chi connectivity index (χ0v) is 16.8. The van der Waals surface area contributed by atoms with Crippen molar-refractivity contribution < 1.29 is 19.7 Å². The molecule has 0 bridgehead atoms. The van der Waals surface area contributed by atoms with E-state index < -0.39 is 16.8 Å². The van der Waals surface area contributed by atoms with Crippen molar-refractivity contribution >= 4 is 17.4 Å². The van der Waals surface area contributed by atoms with Crippen LogP contribution in [0.2, 0.25) is 0 Å². The molecule has 154 valence electrons. The quantitative estimate of drug-likeness (QED) is 0.546. The van der Waals surface area contributed by atoms with Crippen molar-refractivity contribution in [3.8, 4) is 0 Å². The molecule has 1 aliphatic heterocycles. The van der Waals surface area contributed by atoms with Crippen molar-refractivity contribution in [2.75, 3.05) is 0 Å². The van der Waals surface area contributed by atoms with Gasteiger partial charge in [0.1, 0.15) is 0 Å². The molecule has 8 nitrogen and oxygen atoms in total. The number of hydrogen-bond acceptors (Lipinski definition) is 6. The number of nitrogens with one attached hydrogen (secondary N) is 1. The number of non-ortho nitro benzene ring substituents is 1. The van der Waals surface area contributed by atoms with Crippen LogP contribution < -0.4 is 5.48 Å². The second kappa shape index (κ2) is 8.57. The summed E-state index contributed by atoms with van der Waals surface area (Å²) >= 11 is 0. The lowest BCUT2D eigenvalue weighted by Crippen LogP contribution is -2.28. The van der Waals surface area contributed by atoms with Gasteiger partial charge in [-0.15, -0.1) is 0 Å². The van der Waals surface area contributed by atoms with E-state index in [4.69, 9.17) is 4.84 Å². The van der Waals surface area contributed by atoms with Gasteiger partial charge in [-0.25, -0.2) is 4.79 Å². The average Bonchev–Trinajstić information content (AvgIpc) is 3.18. The molecule has 29 heavy (non-hydrogen) atoms. The molecule has 0 radical (unpaired) electrons. The lowest BCUT2D eigenvalue weighted by Gasteiger charge is -2.29. The Bertz CT molecular complexity index is 926. The van der Waals surface area contributed by atoms with Gasteiger partial charge in [0.25, 0.3) is 5.69 Å². The second-order valence-electron chi connectivity index (χ2n) is 7.45. The molecule has 1 atom stereocenters. The number of nitro benzene ring substituents is 1. The highest BCUT2D eigenvalue weighted by molar-refractivity contribution is 6.06. The molecule has 1 unspecified atom stereocenters. The number of rotatable bonds is 6. The van der Waals surface area contributed by atoms with Gasteiger partial charge in [-0.2, -0.15) is 0 Å². The number of benzene rings is 1. The molecule has 0 aromatic heterocycles. The van der Waals surface area contributed by atoms with Crippen LogP contribution in [0.1, 0.15) is 57.9 Å². The zero-order valence-electron chi connectivity index (χ0n) is 16.8. The van der Waals surface area contributed by atoms with Gasteiger partial charge in [0.15, 0.2) is 0 Å². The Morgan fingerprint density at radius 2 is 2.00 bits per heavy atom. The minimum atomic E-state index is -1.10. The predicted octanol–water partition coefficient (Wildman–Crippen LogP) is 4.25. The Balaban J connectivity index is 2.07. The minimum Gasteiger partial charge on any atom is -0.478 e. The molecule has 8 heteroatoms. The zero-order chi connectivity index (χ0) is 21.1. The molecule has 0 amide bonds. The Morgan fingerprint density at radius 3 is 2.62 bits per heavy atom. The van der Waals surface area contributed by atoms with Crippen molar-refractivity contribution in [2.24, 2.45) is 4.99 Å². The standard InChI is InChI=1S/C21H25N3O5/c1-12-18(14(3)23-29-17-9-4-5-10-17)20(19(21(25)26)13(2)22-12)15-7-6-8-16(11-15)24(27)28/h6-8,11,17,20,23H,4-5,9-10H2,1-3H3,(H,25,26). The van der Waals surface area contributed by atoms with Crippen LogP contribution in [0.25, 0.3) is 0 Å². The summed E-state index contributed by atoms with van der Waals surface area (Å²) in [6, 6.07) is 6.09. The van der Waals surface area contributed by atoms with Crippen molar-refractivity contribution in [1.82, 2.24) is 5.48 Å². The fourth-order valence-electron chi connectivity index (χ4n) is 4.08. The lowest BCUT2D eigenvalue weighted by molar-refractivity contribution is -0.384. The van der Waals surface area contributed by atoms with Gasteiger partial charge < -0.3 is 5.11 Å². The third kappa shape index (κ3) is 4.37. The molecule has 1 aromatic rings. The summed E-state index contributed by atoms with van der Waals surface area (Å²) < 4.78 is 0. The topological polar surface area (TPSA) is 114 Å². The normalized spacial score (nSPS) is 21.8. The maximum absolute atomic E-state index is 12.1. The van der Waals surface area contributed by atoms with Crippen molar-refractivity contribution in [2.45, 2.75) is 58.5 Å². The minimum absolute atomic E-state index is 0.0859.